The van der Waals surface area contributed by atoms with E-state index in [1.807, 2.05) is 12.3 Å². The summed E-state index contributed by atoms with van der Waals surface area (Å²) in [4.78, 5) is 15.9. The fraction of sp³-hybridized carbons (Fsp3) is 0.765. The van der Waals surface area contributed by atoms with Crippen molar-refractivity contribution in [1.29, 1.82) is 0 Å². The number of β-amino-alcohol motifs (C(OH)–C–C–N with tert-alkyl or cyclic N) is 1. The maximum atomic E-state index is 9.69. The molecule has 0 aliphatic carbocycles. The summed E-state index contributed by atoms with van der Waals surface area (Å²) in [6, 6.07) is 1.93. The number of aromatic nitrogens is 2. The van der Waals surface area contributed by atoms with Gasteiger partial charge in [-0.2, -0.15) is 4.98 Å². The van der Waals surface area contributed by atoms with Gasteiger partial charge in [0.25, 0.3) is 0 Å². The standard InChI is InChI=1S/C17H29N5O/c1-20(12-13-21-9-4-2-3-5-10-21)17-18-8-6-16(19-17)22-11-7-15(23)14-22/h6,8,15,23H,2-5,7,9-14H2,1H3. The molecule has 23 heavy (non-hydrogen) atoms. The summed E-state index contributed by atoms with van der Waals surface area (Å²) in [6.45, 7) is 6.02. The molecule has 3 heterocycles. The van der Waals surface area contributed by atoms with E-state index in [0.717, 1.165) is 37.8 Å². The van der Waals surface area contributed by atoms with E-state index in [2.05, 4.69) is 31.7 Å². The van der Waals surface area contributed by atoms with E-state index >= 15 is 0 Å². The Labute approximate surface area is 139 Å². The Morgan fingerprint density at radius 2 is 2.00 bits per heavy atom. The first-order valence-electron chi connectivity index (χ1n) is 8.92. The Kier molecular flexibility index (Phi) is 5.67. The third-order valence-electron chi connectivity index (χ3n) is 4.91. The van der Waals surface area contributed by atoms with Crippen LogP contribution in [0.4, 0.5) is 11.8 Å². The minimum Gasteiger partial charge on any atom is -0.391 e. The SMILES string of the molecule is CN(CCN1CCCCCC1)c1nccc(N2CCC(O)C2)n1. The molecule has 6 nitrogen and oxygen atoms in total. The van der Waals surface area contributed by atoms with Gasteiger partial charge in [-0.3, -0.25) is 0 Å². The lowest BCUT2D eigenvalue weighted by Crippen LogP contribution is -2.34. The van der Waals surface area contributed by atoms with Gasteiger partial charge in [-0.25, -0.2) is 4.98 Å². The molecule has 0 bridgehead atoms. The number of nitrogens with zero attached hydrogens (tertiary/aromatic N) is 5. The Morgan fingerprint density at radius 3 is 2.70 bits per heavy atom. The molecule has 2 aliphatic heterocycles. The molecule has 0 aromatic carbocycles. The van der Waals surface area contributed by atoms with Gasteiger partial charge in [-0.15, -0.1) is 0 Å². The average Bonchev–Trinajstić information content (AvgIpc) is 2.84. The lowest BCUT2D eigenvalue weighted by molar-refractivity contribution is 0.198. The minimum atomic E-state index is -0.228. The van der Waals surface area contributed by atoms with E-state index < -0.39 is 0 Å². The Morgan fingerprint density at radius 1 is 1.22 bits per heavy atom. The van der Waals surface area contributed by atoms with Crippen molar-refractivity contribution in [2.75, 3.05) is 56.1 Å². The first-order valence-corrected chi connectivity index (χ1v) is 8.92. The summed E-state index contributed by atoms with van der Waals surface area (Å²) < 4.78 is 0. The highest BCUT2D eigenvalue weighted by atomic mass is 16.3. The van der Waals surface area contributed by atoms with E-state index in [-0.39, 0.29) is 6.10 Å². The van der Waals surface area contributed by atoms with Crippen molar-refractivity contribution in [3.8, 4) is 0 Å². The number of aliphatic hydroxyl groups excluding tert-OH is 1. The highest BCUT2D eigenvalue weighted by molar-refractivity contribution is 5.44. The van der Waals surface area contributed by atoms with Crippen LogP contribution in [0.2, 0.25) is 0 Å². The van der Waals surface area contributed by atoms with Gasteiger partial charge < -0.3 is 19.8 Å². The number of aliphatic hydroxyl groups is 1. The molecule has 1 N–H and O–H groups in total. The van der Waals surface area contributed by atoms with Crippen molar-refractivity contribution in [2.45, 2.75) is 38.2 Å². The quantitative estimate of drug-likeness (QED) is 0.884. The number of hydrogen-bond acceptors (Lipinski definition) is 6. The number of likely N-dealkylation sites (N-methyl/N-ethyl adjacent to an activating group) is 1. The predicted molar refractivity (Wildman–Crippen MR) is 93.0 cm³/mol. The van der Waals surface area contributed by atoms with Crippen molar-refractivity contribution in [1.82, 2.24) is 14.9 Å². The van der Waals surface area contributed by atoms with Crippen LogP contribution in [0.5, 0.6) is 0 Å². The Balaban J connectivity index is 1.55. The highest BCUT2D eigenvalue weighted by Gasteiger charge is 2.22. The van der Waals surface area contributed by atoms with Gasteiger partial charge in [-0.1, -0.05) is 12.8 Å². The number of rotatable bonds is 5. The zero-order chi connectivity index (χ0) is 16.1. The van der Waals surface area contributed by atoms with E-state index in [4.69, 9.17) is 0 Å². The monoisotopic (exact) mass is 319 g/mol. The lowest BCUT2D eigenvalue weighted by Gasteiger charge is -2.25. The summed E-state index contributed by atoms with van der Waals surface area (Å²) in [5.74, 6) is 1.70. The van der Waals surface area contributed by atoms with Crippen molar-refractivity contribution in [3.63, 3.8) is 0 Å². The second kappa shape index (κ2) is 7.93. The van der Waals surface area contributed by atoms with Gasteiger partial charge in [0, 0.05) is 39.4 Å². The fourth-order valence-corrected chi connectivity index (χ4v) is 3.40. The van der Waals surface area contributed by atoms with Crippen LogP contribution in [0.1, 0.15) is 32.1 Å². The van der Waals surface area contributed by atoms with Crippen LogP contribution in [0, 0.1) is 0 Å². The number of hydrogen-bond donors (Lipinski definition) is 1. The van der Waals surface area contributed by atoms with Gasteiger partial charge in [0.15, 0.2) is 0 Å². The van der Waals surface area contributed by atoms with Crippen molar-refractivity contribution in [3.05, 3.63) is 12.3 Å². The first-order chi connectivity index (χ1) is 11.2. The summed E-state index contributed by atoms with van der Waals surface area (Å²) >= 11 is 0. The Hall–Kier alpha value is -1.40. The summed E-state index contributed by atoms with van der Waals surface area (Å²) in [5.41, 5.74) is 0. The normalized spacial score (nSPS) is 23.0. The zero-order valence-corrected chi connectivity index (χ0v) is 14.2. The maximum absolute atomic E-state index is 9.69. The van der Waals surface area contributed by atoms with Crippen LogP contribution >= 0.6 is 0 Å². The van der Waals surface area contributed by atoms with Gasteiger partial charge in [0.05, 0.1) is 6.10 Å². The molecule has 1 atom stereocenters. The van der Waals surface area contributed by atoms with Crippen LogP contribution in [-0.4, -0.2) is 72.4 Å². The van der Waals surface area contributed by atoms with Crippen molar-refractivity contribution < 1.29 is 5.11 Å². The molecule has 128 valence electrons. The van der Waals surface area contributed by atoms with Gasteiger partial charge in [0.2, 0.25) is 5.95 Å². The van der Waals surface area contributed by atoms with Crippen LogP contribution < -0.4 is 9.80 Å². The Bertz CT molecular complexity index is 490. The average molecular weight is 319 g/mol. The molecule has 0 spiro atoms. The van der Waals surface area contributed by atoms with Crippen LogP contribution in [-0.2, 0) is 0 Å². The largest absolute Gasteiger partial charge is 0.391 e. The molecule has 2 saturated heterocycles. The summed E-state index contributed by atoms with van der Waals surface area (Å²) in [7, 11) is 2.07. The molecular weight excluding hydrogens is 290 g/mol. The van der Waals surface area contributed by atoms with Crippen molar-refractivity contribution >= 4 is 11.8 Å². The molecule has 0 amide bonds. The number of anilines is 2. The molecule has 0 saturated carbocycles. The van der Waals surface area contributed by atoms with Gasteiger partial charge in [-0.05, 0) is 38.4 Å². The first kappa shape index (κ1) is 16.5. The molecule has 2 fully saturated rings. The molecule has 1 unspecified atom stereocenters. The highest BCUT2D eigenvalue weighted by Crippen LogP contribution is 2.19. The summed E-state index contributed by atoms with van der Waals surface area (Å²) in [6.07, 6.45) is 7.82. The second-order valence-electron chi connectivity index (χ2n) is 6.78. The molecule has 1 aromatic rings. The molecule has 6 heteroatoms. The number of likely N-dealkylation sites (tertiary alicyclic amines) is 1. The van der Waals surface area contributed by atoms with Crippen LogP contribution in [0.25, 0.3) is 0 Å². The summed E-state index contributed by atoms with van der Waals surface area (Å²) in [5, 5.41) is 9.69. The van der Waals surface area contributed by atoms with E-state index in [1.54, 1.807) is 0 Å². The second-order valence-corrected chi connectivity index (χ2v) is 6.78. The molecule has 0 radical (unpaired) electrons. The van der Waals surface area contributed by atoms with E-state index in [0.29, 0.717) is 6.54 Å². The topological polar surface area (TPSA) is 55.7 Å². The van der Waals surface area contributed by atoms with Crippen LogP contribution in [0.15, 0.2) is 12.3 Å². The smallest absolute Gasteiger partial charge is 0.227 e. The maximum Gasteiger partial charge on any atom is 0.227 e. The van der Waals surface area contributed by atoms with Crippen molar-refractivity contribution in [2.24, 2.45) is 0 Å². The molecule has 1 aromatic heterocycles. The molecule has 3 rings (SSSR count). The molecule has 2 aliphatic rings. The van der Waals surface area contributed by atoms with E-state index in [9.17, 15) is 5.11 Å². The predicted octanol–water partition coefficient (Wildman–Crippen LogP) is 1.36. The van der Waals surface area contributed by atoms with Crippen LogP contribution in [0.3, 0.4) is 0 Å². The third-order valence-corrected chi connectivity index (χ3v) is 4.91. The van der Waals surface area contributed by atoms with Gasteiger partial charge >= 0.3 is 0 Å². The van der Waals surface area contributed by atoms with E-state index in [1.165, 1.54) is 38.8 Å². The lowest BCUT2D eigenvalue weighted by atomic mass is 10.2. The third kappa shape index (κ3) is 4.54. The van der Waals surface area contributed by atoms with Gasteiger partial charge in [0.1, 0.15) is 5.82 Å². The zero-order valence-electron chi connectivity index (χ0n) is 14.2. The minimum absolute atomic E-state index is 0.228. The fourth-order valence-electron chi connectivity index (χ4n) is 3.40. The molecular formula is C17H29N5O.